The first kappa shape index (κ1) is 16.3. The normalized spacial score (nSPS) is 19.5. The van der Waals surface area contributed by atoms with E-state index in [0.717, 1.165) is 38.6 Å². The topological polar surface area (TPSA) is 29.5 Å². The lowest BCUT2D eigenvalue weighted by molar-refractivity contribution is 0.0691. The van der Waals surface area contributed by atoms with Crippen molar-refractivity contribution in [3.8, 4) is 0 Å². The first-order chi connectivity index (χ1) is 9.29. The highest BCUT2D eigenvalue weighted by atomic mass is 16.6. The van der Waals surface area contributed by atoms with Crippen LogP contribution >= 0.6 is 0 Å². The summed E-state index contributed by atoms with van der Waals surface area (Å²) in [4.78, 5) is 14.1. The molecule has 1 amide bonds. The van der Waals surface area contributed by atoms with Crippen molar-refractivity contribution in [3.63, 3.8) is 0 Å². The van der Waals surface area contributed by atoms with Crippen LogP contribution in [-0.2, 0) is 4.74 Å². The van der Waals surface area contributed by atoms with E-state index in [2.05, 4.69) is 13.8 Å². The van der Waals surface area contributed by atoms with Gasteiger partial charge >= 0.3 is 6.09 Å². The summed E-state index contributed by atoms with van der Waals surface area (Å²) in [7, 11) is 0. The molecule has 0 bridgehead atoms. The van der Waals surface area contributed by atoms with Crippen molar-refractivity contribution in [2.24, 2.45) is 0 Å². The van der Waals surface area contributed by atoms with Gasteiger partial charge in [0.05, 0.1) is 6.61 Å². The fourth-order valence-corrected chi connectivity index (χ4v) is 2.77. The van der Waals surface area contributed by atoms with Crippen LogP contribution in [0.2, 0.25) is 0 Å². The summed E-state index contributed by atoms with van der Waals surface area (Å²) in [5.74, 6) is 0. The first-order valence-electron chi connectivity index (χ1n) is 8.23. The molecule has 0 aliphatic carbocycles. The second-order valence-corrected chi connectivity index (χ2v) is 5.66. The first-order valence-corrected chi connectivity index (χ1v) is 8.23. The van der Waals surface area contributed by atoms with E-state index in [1.54, 1.807) is 0 Å². The van der Waals surface area contributed by atoms with Gasteiger partial charge in [0, 0.05) is 12.6 Å². The standard InChI is InChI=1S/C16H31NO2/c1-3-5-7-11-15-12-8-9-13-17(15)16(18)19-14-10-6-4-2/h15H,3-14H2,1-2H3/t15-/m0/s1. The van der Waals surface area contributed by atoms with Gasteiger partial charge < -0.3 is 9.64 Å². The number of hydrogen-bond acceptors (Lipinski definition) is 2. The predicted molar refractivity (Wildman–Crippen MR) is 79.4 cm³/mol. The number of ether oxygens (including phenoxy) is 1. The number of likely N-dealkylation sites (tertiary alicyclic amines) is 1. The van der Waals surface area contributed by atoms with Crippen molar-refractivity contribution in [1.29, 1.82) is 0 Å². The van der Waals surface area contributed by atoms with Crippen LogP contribution in [0.5, 0.6) is 0 Å². The largest absolute Gasteiger partial charge is 0.449 e. The van der Waals surface area contributed by atoms with Crippen molar-refractivity contribution >= 4 is 6.09 Å². The van der Waals surface area contributed by atoms with Gasteiger partial charge in [-0.25, -0.2) is 4.79 Å². The minimum atomic E-state index is -0.0719. The number of amides is 1. The van der Waals surface area contributed by atoms with E-state index in [1.807, 2.05) is 4.90 Å². The van der Waals surface area contributed by atoms with Gasteiger partial charge in [-0.05, 0) is 32.1 Å². The Morgan fingerprint density at radius 1 is 1.11 bits per heavy atom. The molecule has 0 aromatic heterocycles. The van der Waals surface area contributed by atoms with Crippen LogP contribution in [0.15, 0.2) is 0 Å². The molecule has 3 nitrogen and oxygen atoms in total. The number of piperidine rings is 1. The zero-order valence-corrected chi connectivity index (χ0v) is 12.8. The lowest BCUT2D eigenvalue weighted by Crippen LogP contribution is -2.44. The zero-order chi connectivity index (χ0) is 13.9. The number of rotatable bonds is 8. The number of hydrogen-bond donors (Lipinski definition) is 0. The molecule has 112 valence electrons. The minimum Gasteiger partial charge on any atom is -0.449 e. The highest BCUT2D eigenvalue weighted by Crippen LogP contribution is 2.22. The van der Waals surface area contributed by atoms with Gasteiger partial charge in [0.15, 0.2) is 0 Å². The Balaban J connectivity index is 2.31. The predicted octanol–water partition coefficient (Wildman–Crippen LogP) is 4.75. The summed E-state index contributed by atoms with van der Waals surface area (Å²) in [5, 5.41) is 0. The summed E-state index contributed by atoms with van der Waals surface area (Å²) in [6, 6.07) is 0.430. The molecule has 0 aromatic rings. The molecular formula is C16H31NO2. The van der Waals surface area contributed by atoms with Gasteiger partial charge in [-0.15, -0.1) is 0 Å². The van der Waals surface area contributed by atoms with Gasteiger partial charge in [-0.3, -0.25) is 0 Å². The van der Waals surface area contributed by atoms with E-state index in [1.165, 1.54) is 32.1 Å². The Hall–Kier alpha value is -0.730. The van der Waals surface area contributed by atoms with E-state index in [0.29, 0.717) is 12.6 Å². The van der Waals surface area contributed by atoms with Crippen LogP contribution in [0.3, 0.4) is 0 Å². The summed E-state index contributed by atoms with van der Waals surface area (Å²) >= 11 is 0. The van der Waals surface area contributed by atoms with Crippen LogP contribution in [0.25, 0.3) is 0 Å². The maximum absolute atomic E-state index is 12.1. The second kappa shape index (κ2) is 10.1. The third-order valence-electron chi connectivity index (χ3n) is 3.98. The van der Waals surface area contributed by atoms with Crippen LogP contribution in [-0.4, -0.2) is 30.2 Å². The highest BCUT2D eigenvalue weighted by Gasteiger charge is 2.27. The summed E-state index contributed by atoms with van der Waals surface area (Å²) in [5.41, 5.74) is 0. The quantitative estimate of drug-likeness (QED) is 0.595. The van der Waals surface area contributed by atoms with Crippen molar-refractivity contribution in [3.05, 3.63) is 0 Å². The van der Waals surface area contributed by atoms with E-state index >= 15 is 0 Å². The molecule has 1 aliphatic heterocycles. The lowest BCUT2D eigenvalue weighted by Gasteiger charge is -2.35. The molecule has 0 N–H and O–H groups in total. The van der Waals surface area contributed by atoms with Gasteiger partial charge in [0.2, 0.25) is 0 Å². The molecule has 3 heteroatoms. The maximum Gasteiger partial charge on any atom is 0.410 e. The molecule has 0 radical (unpaired) electrons. The van der Waals surface area contributed by atoms with Gasteiger partial charge in [-0.2, -0.15) is 0 Å². The van der Waals surface area contributed by atoms with Gasteiger partial charge in [0.1, 0.15) is 0 Å². The van der Waals surface area contributed by atoms with Gasteiger partial charge in [0.25, 0.3) is 0 Å². The Labute approximate surface area is 118 Å². The molecule has 1 atom stereocenters. The second-order valence-electron chi connectivity index (χ2n) is 5.66. The molecule has 0 aromatic carbocycles. The van der Waals surface area contributed by atoms with Crippen LogP contribution in [0.4, 0.5) is 4.79 Å². The Morgan fingerprint density at radius 3 is 2.58 bits per heavy atom. The number of carbonyl (C=O) groups excluding carboxylic acids is 1. The molecule has 1 fully saturated rings. The molecule has 0 unspecified atom stereocenters. The molecule has 0 spiro atoms. The maximum atomic E-state index is 12.1. The molecule has 1 rings (SSSR count). The summed E-state index contributed by atoms with van der Waals surface area (Å²) in [6.45, 7) is 5.87. The number of carbonyl (C=O) groups is 1. The van der Waals surface area contributed by atoms with E-state index in [4.69, 9.17) is 4.74 Å². The molecule has 0 saturated carbocycles. The fraction of sp³-hybridized carbons (Fsp3) is 0.938. The smallest absolute Gasteiger partial charge is 0.410 e. The van der Waals surface area contributed by atoms with Crippen molar-refractivity contribution in [2.45, 2.75) is 84.1 Å². The molecule has 1 aliphatic rings. The average Bonchev–Trinajstić information content (AvgIpc) is 2.44. The van der Waals surface area contributed by atoms with E-state index in [9.17, 15) is 4.79 Å². The average molecular weight is 269 g/mol. The van der Waals surface area contributed by atoms with Crippen LogP contribution < -0.4 is 0 Å². The Bertz CT molecular complexity index is 243. The number of unbranched alkanes of at least 4 members (excludes halogenated alkanes) is 4. The monoisotopic (exact) mass is 269 g/mol. The fourth-order valence-electron chi connectivity index (χ4n) is 2.77. The van der Waals surface area contributed by atoms with E-state index < -0.39 is 0 Å². The zero-order valence-electron chi connectivity index (χ0n) is 12.8. The lowest BCUT2D eigenvalue weighted by atomic mass is 9.97. The SMILES string of the molecule is CCCCCOC(=O)N1CCCC[C@@H]1CCCCC. The van der Waals surface area contributed by atoms with Crippen LogP contribution in [0, 0.1) is 0 Å². The minimum absolute atomic E-state index is 0.0719. The number of nitrogens with zero attached hydrogens (tertiary/aromatic N) is 1. The van der Waals surface area contributed by atoms with Crippen molar-refractivity contribution in [1.82, 2.24) is 4.90 Å². The third-order valence-corrected chi connectivity index (χ3v) is 3.98. The molecular weight excluding hydrogens is 238 g/mol. The highest BCUT2D eigenvalue weighted by molar-refractivity contribution is 5.68. The molecule has 19 heavy (non-hydrogen) atoms. The molecule has 1 heterocycles. The Morgan fingerprint density at radius 2 is 1.84 bits per heavy atom. The van der Waals surface area contributed by atoms with Crippen molar-refractivity contribution in [2.75, 3.05) is 13.2 Å². The summed E-state index contributed by atoms with van der Waals surface area (Å²) < 4.78 is 5.41. The summed E-state index contributed by atoms with van der Waals surface area (Å²) in [6.07, 6.45) is 11.7. The van der Waals surface area contributed by atoms with E-state index in [-0.39, 0.29) is 6.09 Å². The van der Waals surface area contributed by atoms with Crippen LogP contribution in [0.1, 0.15) is 78.1 Å². The van der Waals surface area contributed by atoms with Gasteiger partial charge in [-0.1, -0.05) is 46.0 Å². The Kier molecular flexibility index (Phi) is 8.68. The molecule has 1 saturated heterocycles. The van der Waals surface area contributed by atoms with Crippen molar-refractivity contribution < 1.29 is 9.53 Å². The third kappa shape index (κ3) is 6.31.